The predicted octanol–water partition coefficient (Wildman–Crippen LogP) is 2.06. The van der Waals surface area contributed by atoms with Gasteiger partial charge >= 0.3 is 0 Å². The molecular weight excluding hydrogens is 124 g/mol. The monoisotopic (exact) mass is 141 g/mol. The summed E-state index contributed by atoms with van der Waals surface area (Å²) < 4.78 is 0. The summed E-state index contributed by atoms with van der Waals surface area (Å²) in [6.45, 7) is 8.37. The van der Waals surface area contributed by atoms with E-state index in [1.165, 1.54) is 12.8 Å². The molecule has 9 heavy (non-hydrogen) atoms. The average molecular weight is 141 g/mol. The first-order chi connectivity index (χ1) is 4.27. The second-order valence-electron chi connectivity index (χ2n) is 2.67. The van der Waals surface area contributed by atoms with E-state index >= 15 is 0 Å². The summed E-state index contributed by atoms with van der Waals surface area (Å²) in [7, 11) is 0.609. The van der Waals surface area contributed by atoms with Gasteiger partial charge in [0.25, 0.3) is 0 Å². The lowest BCUT2D eigenvalue weighted by Crippen LogP contribution is -1.88. The molecule has 0 unspecified atom stereocenters. The summed E-state index contributed by atoms with van der Waals surface area (Å²) in [6, 6.07) is 0. The molecule has 0 nitrogen and oxygen atoms in total. The summed E-state index contributed by atoms with van der Waals surface area (Å²) in [5.74, 6) is 0. The Kier molecular flexibility index (Phi) is 6.27. The van der Waals surface area contributed by atoms with Crippen LogP contribution in [0.5, 0.6) is 0 Å². The van der Waals surface area contributed by atoms with E-state index in [4.69, 9.17) is 0 Å². The van der Waals surface area contributed by atoms with Gasteiger partial charge in [0.05, 0.1) is 0 Å². The Morgan fingerprint density at radius 1 is 1.56 bits per heavy atom. The third kappa shape index (κ3) is 8.09. The first-order valence-corrected chi connectivity index (χ1v) is 5.06. The third-order valence-electron chi connectivity index (χ3n) is 1.14. The van der Waals surface area contributed by atoms with Crippen molar-refractivity contribution in [2.75, 3.05) is 0 Å². The number of rotatable bonds is 4. The van der Waals surface area contributed by atoms with E-state index < -0.39 is 0 Å². The van der Waals surface area contributed by atoms with Gasteiger partial charge in [0.2, 0.25) is 0 Å². The van der Waals surface area contributed by atoms with Crippen molar-refractivity contribution >= 4 is 14.8 Å². The summed E-state index contributed by atoms with van der Waals surface area (Å²) in [5, 5.41) is 0. The van der Waals surface area contributed by atoms with E-state index in [-0.39, 0.29) is 0 Å². The zero-order valence-electron chi connectivity index (χ0n) is 6.56. The Hall–Kier alpha value is 0.0869. The Labute approximate surface area is 61.1 Å². The van der Waals surface area contributed by atoms with Crippen LogP contribution in [-0.4, -0.2) is 14.8 Å². The predicted molar refractivity (Wildman–Crippen MR) is 47.5 cm³/mol. The number of hydrogen-bond acceptors (Lipinski definition) is 0. The second kappa shape index (κ2) is 6.21. The molecule has 0 saturated heterocycles. The molecule has 0 fully saturated rings. The van der Waals surface area contributed by atoms with Gasteiger partial charge in [-0.1, -0.05) is 33.6 Å². The molecule has 0 aromatic heterocycles. The Bertz CT molecular complexity index is 74.6. The van der Waals surface area contributed by atoms with Crippen molar-refractivity contribution in [2.45, 2.75) is 38.7 Å². The highest BCUT2D eigenvalue weighted by molar-refractivity contribution is 6.48. The SMILES string of the molecule is [CH2]CCCC=[SiH]C(C)C. The Morgan fingerprint density at radius 3 is 2.67 bits per heavy atom. The third-order valence-corrected chi connectivity index (χ3v) is 2.52. The summed E-state index contributed by atoms with van der Waals surface area (Å²) in [5.41, 5.74) is 3.37. The van der Waals surface area contributed by atoms with Gasteiger partial charge < -0.3 is 0 Å². The van der Waals surface area contributed by atoms with Gasteiger partial charge in [0.1, 0.15) is 0 Å². The van der Waals surface area contributed by atoms with Crippen molar-refractivity contribution in [2.24, 2.45) is 0 Å². The Morgan fingerprint density at radius 2 is 2.22 bits per heavy atom. The maximum absolute atomic E-state index is 3.79. The highest BCUT2D eigenvalue weighted by Crippen LogP contribution is 1.93. The van der Waals surface area contributed by atoms with E-state index in [1.807, 2.05) is 0 Å². The quantitative estimate of drug-likeness (QED) is 0.415. The van der Waals surface area contributed by atoms with E-state index in [0.717, 1.165) is 12.0 Å². The normalized spacial score (nSPS) is 11.6. The van der Waals surface area contributed by atoms with Crippen LogP contribution in [0.25, 0.3) is 0 Å². The van der Waals surface area contributed by atoms with Crippen LogP contribution in [0.15, 0.2) is 0 Å². The molecule has 1 radical (unpaired) electrons. The lowest BCUT2D eigenvalue weighted by Gasteiger charge is -1.91. The van der Waals surface area contributed by atoms with Crippen LogP contribution in [0.4, 0.5) is 0 Å². The molecule has 0 bridgehead atoms. The van der Waals surface area contributed by atoms with Gasteiger partial charge in [0.15, 0.2) is 0 Å². The number of hydrogen-bond donors (Lipinski definition) is 0. The highest BCUT2D eigenvalue weighted by Gasteiger charge is 1.82. The first kappa shape index (κ1) is 9.09. The van der Waals surface area contributed by atoms with Gasteiger partial charge in [-0.3, -0.25) is 0 Å². The van der Waals surface area contributed by atoms with Gasteiger partial charge in [0, 0.05) is 0 Å². The molecular formula is C8H17Si. The maximum atomic E-state index is 3.79. The molecule has 0 atom stereocenters. The van der Waals surface area contributed by atoms with Crippen molar-refractivity contribution in [1.82, 2.24) is 0 Å². The standard InChI is InChI=1S/C8H17Si/c1-4-5-6-7-9-8(2)3/h7-9H,1,4-6H2,2-3H3. The molecule has 53 valence electrons. The van der Waals surface area contributed by atoms with Crippen LogP contribution in [0.1, 0.15) is 33.1 Å². The van der Waals surface area contributed by atoms with Gasteiger partial charge in [-0.05, 0) is 21.1 Å². The molecule has 0 aromatic rings. The zero-order valence-corrected chi connectivity index (χ0v) is 7.72. The maximum Gasteiger partial charge on any atom is -0.00917 e. The van der Waals surface area contributed by atoms with Crippen LogP contribution < -0.4 is 0 Å². The molecule has 0 aliphatic heterocycles. The summed E-state index contributed by atoms with van der Waals surface area (Å²) in [4.78, 5) is 0. The van der Waals surface area contributed by atoms with E-state index in [9.17, 15) is 0 Å². The molecule has 1 heteroatoms. The summed E-state index contributed by atoms with van der Waals surface area (Å²) >= 11 is 0. The lowest BCUT2D eigenvalue weighted by atomic mass is 10.3. The average Bonchev–Trinajstić information content (AvgIpc) is 1.80. The fourth-order valence-electron chi connectivity index (χ4n) is 0.631. The van der Waals surface area contributed by atoms with Crippen LogP contribution in [0.3, 0.4) is 0 Å². The van der Waals surface area contributed by atoms with Gasteiger partial charge in [-0.15, -0.1) is 5.67 Å². The van der Waals surface area contributed by atoms with Crippen LogP contribution in [0.2, 0.25) is 5.54 Å². The molecule has 0 heterocycles. The van der Waals surface area contributed by atoms with Crippen molar-refractivity contribution in [1.29, 1.82) is 0 Å². The fraction of sp³-hybridized carbons (Fsp3) is 0.750. The van der Waals surface area contributed by atoms with Crippen LogP contribution >= 0.6 is 0 Å². The smallest absolute Gasteiger partial charge is 0.00917 e. The zero-order chi connectivity index (χ0) is 7.11. The van der Waals surface area contributed by atoms with E-state index in [1.54, 1.807) is 0 Å². The first-order valence-electron chi connectivity index (χ1n) is 3.73. The second-order valence-corrected chi connectivity index (χ2v) is 4.86. The minimum atomic E-state index is 0.609. The van der Waals surface area contributed by atoms with Crippen molar-refractivity contribution in [3.8, 4) is 0 Å². The minimum Gasteiger partial charge on any atom is -0.106 e. The molecule has 0 amide bonds. The van der Waals surface area contributed by atoms with E-state index in [2.05, 4.69) is 26.4 Å². The molecule has 0 spiro atoms. The van der Waals surface area contributed by atoms with Crippen molar-refractivity contribution < 1.29 is 0 Å². The van der Waals surface area contributed by atoms with Crippen LogP contribution in [-0.2, 0) is 0 Å². The van der Waals surface area contributed by atoms with E-state index in [0.29, 0.717) is 9.13 Å². The van der Waals surface area contributed by atoms with Crippen molar-refractivity contribution in [3.05, 3.63) is 6.92 Å². The lowest BCUT2D eigenvalue weighted by molar-refractivity contribution is 0.905. The van der Waals surface area contributed by atoms with Gasteiger partial charge in [-0.25, -0.2) is 0 Å². The minimum absolute atomic E-state index is 0.609. The molecule has 0 saturated carbocycles. The van der Waals surface area contributed by atoms with Crippen molar-refractivity contribution in [3.63, 3.8) is 0 Å². The largest absolute Gasteiger partial charge is 0.106 e. The molecule has 0 rings (SSSR count). The summed E-state index contributed by atoms with van der Waals surface area (Å²) in [6.07, 6.45) is 3.66. The fourth-order valence-corrected chi connectivity index (χ4v) is 1.60. The number of unbranched alkanes of at least 4 members (excludes halogenated alkanes) is 2. The molecule has 0 N–H and O–H groups in total. The topological polar surface area (TPSA) is 0 Å². The molecule has 0 aromatic carbocycles. The Balaban J connectivity index is 3.04. The van der Waals surface area contributed by atoms with Gasteiger partial charge in [-0.2, -0.15) is 0 Å². The van der Waals surface area contributed by atoms with Crippen LogP contribution in [0, 0.1) is 6.92 Å². The molecule has 0 aliphatic rings. The molecule has 0 aliphatic carbocycles. The highest BCUT2D eigenvalue weighted by atomic mass is 28.2.